The predicted molar refractivity (Wildman–Crippen MR) is 70.8 cm³/mol. The predicted octanol–water partition coefficient (Wildman–Crippen LogP) is 3.83. The molecular formula is C15H20O2. The molecule has 0 N–H and O–H groups in total. The van der Waals surface area contributed by atoms with Gasteiger partial charge in [0.15, 0.2) is 11.5 Å². The van der Waals surface area contributed by atoms with E-state index in [9.17, 15) is 0 Å². The number of benzene rings is 1. The summed E-state index contributed by atoms with van der Waals surface area (Å²) in [5.74, 6) is 1.74. The van der Waals surface area contributed by atoms with Gasteiger partial charge in [-0.2, -0.15) is 0 Å². The lowest BCUT2D eigenvalue weighted by Crippen LogP contribution is -2.00. The normalized spacial score (nSPS) is 14.0. The Bertz CT molecular complexity index is 408. The molecule has 0 aromatic heterocycles. The second kappa shape index (κ2) is 5.76. The lowest BCUT2D eigenvalue weighted by molar-refractivity contribution is 0.287. The van der Waals surface area contributed by atoms with E-state index in [1.54, 1.807) is 0 Å². The number of hydrogen-bond donors (Lipinski definition) is 0. The highest BCUT2D eigenvalue weighted by molar-refractivity contribution is 5.61. The first-order valence-electron chi connectivity index (χ1n) is 6.44. The molecule has 0 unspecified atom stereocenters. The van der Waals surface area contributed by atoms with Gasteiger partial charge in [-0.1, -0.05) is 12.2 Å². The first-order valence-corrected chi connectivity index (χ1v) is 6.44. The van der Waals surface area contributed by atoms with Crippen molar-refractivity contribution in [3.8, 4) is 11.5 Å². The summed E-state index contributed by atoms with van der Waals surface area (Å²) < 4.78 is 11.3. The largest absolute Gasteiger partial charge is 0.490 e. The van der Waals surface area contributed by atoms with Crippen molar-refractivity contribution in [2.75, 3.05) is 13.2 Å². The quantitative estimate of drug-likeness (QED) is 0.785. The van der Waals surface area contributed by atoms with Crippen molar-refractivity contribution in [2.45, 2.75) is 33.1 Å². The van der Waals surface area contributed by atoms with Crippen molar-refractivity contribution in [1.82, 2.24) is 0 Å². The highest BCUT2D eigenvalue weighted by Gasteiger charge is 2.11. The van der Waals surface area contributed by atoms with Crippen molar-refractivity contribution in [1.29, 1.82) is 0 Å². The monoisotopic (exact) mass is 232 g/mol. The molecule has 0 aliphatic heterocycles. The zero-order valence-electron chi connectivity index (χ0n) is 10.7. The van der Waals surface area contributed by atoms with E-state index in [2.05, 4.69) is 24.3 Å². The van der Waals surface area contributed by atoms with Crippen LogP contribution in [0, 0.1) is 0 Å². The lowest BCUT2D eigenvalue weighted by Gasteiger charge is -2.14. The summed E-state index contributed by atoms with van der Waals surface area (Å²) in [6.45, 7) is 5.34. The van der Waals surface area contributed by atoms with Crippen LogP contribution < -0.4 is 9.47 Å². The van der Waals surface area contributed by atoms with E-state index < -0.39 is 0 Å². The second-order valence-electron chi connectivity index (χ2n) is 4.16. The molecule has 1 aliphatic carbocycles. The fraction of sp³-hybridized carbons (Fsp3) is 0.467. The third kappa shape index (κ3) is 2.82. The van der Waals surface area contributed by atoms with E-state index in [0.29, 0.717) is 13.2 Å². The molecule has 0 atom stereocenters. The molecule has 0 fully saturated rings. The molecule has 17 heavy (non-hydrogen) atoms. The summed E-state index contributed by atoms with van der Waals surface area (Å²) >= 11 is 0. The Morgan fingerprint density at radius 1 is 1.06 bits per heavy atom. The van der Waals surface area contributed by atoms with Crippen LogP contribution in [0.1, 0.15) is 37.8 Å². The lowest BCUT2D eigenvalue weighted by atomic mass is 10.0. The third-order valence-electron chi connectivity index (χ3n) is 2.92. The Kier molecular flexibility index (Phi) is 4.08. The van der Waals surface area contributed by atoms with Gasteiger partial charge in [0.05, 0.1) is 13.2 Å². The Labute approximate surface area is 103 Å². The van der Waals surface area contributed by atoms with Gasteiger partial charge in [-0.15, -0.1) is 0 Å². The number of rotatable bonds is 4. The highest BCUT2D eigenvalue weighted by Crippen LogP contribution is 2.33. The topological polar surface area (TPSA) is 18.5 Å². The summed E-state index contributed by atoms with van der Waals surface area (Å²) in [4.78, 5) is 0. The maximum absolute atomic E-state index is 5.65. The van der Waals surface area contributed by atoms with Crippen molar-refractivity contribution in [2.24, 2.45) is 0 Å². The van der Waals surface area contributed by atoms with E-state index in [1.807, 2.05) is 13.8 Å². The summed E-state index contributed by atoms with van der Waals surface area (Å²) in [5.41, 5.74) is 2.64. The molecule has 0 saturated heterocycles. The number of allylic oxidation sites excluding steroid dienone is 1. The summed E-state index contributed by atoms with van der Waals surface area (Å²) in [6.07, 6.45) is 7.92. The van der Waals surface area contributed by atoms with Gasteiger partial charge in [-0.25, -0.2) is 0 Å². The Hall–Kier alpha value is -1.44. The van der Waals surface area contributed by atoms with Gasteiger partial charge in [0.2, 0.25) is 0 Å². The highest BCUT2D eigenvalue weighted by atomic mass is 16.5. The molecule has 2 nitrogen and oxygen atoms in total. The van der Waals surface area contributed by atoms with E-state index in [-0.39, 0.29) is 0 Å². The molecule has 2 heteroatoms. The Morgan fingerprint density at radius 2 is 1.76 bits per heavy atom. The van der Waals surface area contributed by atoms with Crippen LogP contribution in [-0.4, -0.2) is 13.2 Å². The van der Waals surface area contributed by atoms with Crippen molar-refractivity contribution >= 4 is 6.08 Å². The fourth-order valence-corrected chi connectivity index (χ4v) is 2.15. The second-order valence-corrected chi connectivity index (χ2v) is 4.16. The minimum Gasteiger partial charge on any atom is -0.490 e. The van der Waals surface area contributed by atoms with Crippen LogP contribution >= 0.6 is 0 Å². The van der Waals surface area contributed by atoms with Crippen LogP contribution in [-0.2, 0) is 6.42 Å². The molecule has 1 aromatic carbocycles. The maximum atomic E-state index is 5.65. The molecule has 0 heterocycles. The average Bonchev–Trinajstić information content (AvgIpc) is 2.55. The third-order valence-corrected chi connectivity index (χ3v) is 2.92. The SMILES string of the molecule is CCOc1cc2c(cc1OCC)CCCC=C2. The molecule has 2 rings (SSSR count). The van der Waals surface area contributed by atoms with E-state index in [1.165, 1.54) is 17.5 Å². The van der Waals surface area contributed by atoms with Crippen LogP contribution in [0.15, 0.2) is 18.2 Å². The number of aryl methyl sites for hydroxylation is 1. The van der Waals surface area contributed by atoms with Crippen molar-refractivity contribution in [3.05, 3.63) is 29.3 Å². The summed E-state index contributed by atoms with van der Waals surface area (Å²) in [7, 11) is 0. The van der Waals surface area contributed by atoms with Crippen molar-refractivity contribution in [3.63, 3.8) is 0 Å². The molecule has 0 saturated carbocycles. The zero-order chi connectivity index (χ0) is 12.1. The van der Waals surface area contributed by atoms with Gasteiger partial charge in [0, 0.05) is 0 Å². The van der Waals surface area contributed by atoms with Crippen LogP contribution in [0.3, 0.4) is 0 Å². The summed E-state index contributed by atoms with van der Waals surface area (Å²) in [5, 5.41) is 0. The van der Waals surface area contributed by atoms with Gasteiger partial charge in [0.1, 0.15) is 0 Å². The molecular weight excluding hydrogens is 212 g/mol. The first kappa shape index (κ1) is 12.0. The van der Waals surface area contributed by atoms with Gasteiger partial charge in [-0.3, -0.25) is 0 Å². The standard InChI is InChI=1S/C15H20O2/c1-3-16-14-10-12-8-6-5-7-9-13(12)11-15(14)17-4-2/h6,8,10-11H,3-5,7,9H2,1-2H3. The van der Waals surface area contributed by atoms with Gasteiger partial charge in [0.25, 0.3) is 0 Å². The van der Waals surface area contributed by atoms with Gasteiger partial charge in [-0.05, 0) is 56.4 Å². The molecule has 92 valence electrons. The Balaban J connectivity index is 2.39. The van der Waals surface area contributed by atoms with E-state index in [0.717, 1.165) is 24.3 Å². The molecule has 1 aliphatic rings. The Morgan fingerprint density at radius 3 is 2.47 bits per heavy atom. The minimum absolute atomic E-state index is 0.669. The first-order chi connectivity index (χ1) is 8.35. The molecule has 0 bridgehead atoms. The fourth-order valence-electron chi connectivity index (χ4n) is 2.15. The van der Waals surface area contributed by atoms with Crippen LogP contribution in [0.5, 0.6) is 11.5 Å². The van der Waals surface area contributed by atoms with Gasteiger partial charge < -0.3 is 9.47 Å². The smallest absolute Gasteiger partial charge is 0.161 e. The zero-order valence-corrected chi connectivity index (χ0v) is 10.7. The summed E-state index contributed by atoms with van der Waals surface area (Å²) in [6, 6.07) is 4.24. The van der Waals surface area contributed by atoms with Crippen LogP contribution in [0.25, 0.3) is 6.08 Å². The maximum Gasteiger partial charge on any atom is 0.161 e. The van der Waals surface area contributed by atoms with Crippen LogP contribution in [0.4, 0.5) is 0 Å². The number of hydrogen-bond acceptors (Lipinski definition) is 2. The van der Waals surface area contributed by atoms with Gasteiger partial charge >= 0.3 is 0 Å². The molecule has 0 amide bonds. The number of fused-ring (bicyclic) bond motifs is 1. The average molecular weight is 232 g/mol. The molecule has 0 radical (unpaired) electrons. The molecule has 0 spiro atoms. The minimum atomic E-state index is 0.669. The van der Waals surface area contributed by atoms with E-state index in [4.69, 9.17) is 9.47 Å². The number of ether oxygens (including phenoxy) is 2. The molecule has 1 aromatic rings. The van der Waals surface area contributed by atoms with Crippen LogP contribution in [0.2, 0.25) is 0 Å². The van der Waals surface area contributed by atoms with E-state index >= 15 is 0 Å². The van der Waals surface area contributed by atoms with Crippen molar-refractivity contribution < 1.29 is 9.47 Å².